The van der Waals surface area contributed by atoms with Crippen LogP contribution in [0, 0.1) is 11.3 Å². The van der Waals surface area contributed by atoms with E-state index in [-0.39, 0.29) is 23.6 Å². The molecule has 1 aliphatic heterocycles. The molecule has 0 unspecified atom stereocenters. The maximum atomic E-state index is 12.9. The fraction of sp³-hybridized carbons (Fsp3) is 0.414. The predicted molar refractivity (Wildman–Crippen MR) is 147 cm³/mol. The normalized spacial score (nSPS) is 15.4. The molecule has 1 aliphatic rings. The van der Waals surface area contributed by atoms with E-state index in [1.54, 1.807) is 6.08 Å². The van der Waals surface area contributed by atoms with Gasteiger partial charge in [0.2, 0.25) is 5.91 Å². The Bertz CT molecular complexity index is 1090. The number of nitrogens with two attached hydrogens (primary N) is 1. The van der Waals surface area contributed by atoms with Crippen molar-refractivity contribution in [3.63, 3.8) is 0 Å². The quantitative estimate of drug-likeness (QED) is 0.335. The van der Waals surface area contributed by atoms with Gasteiger partial charge in [-0.2, -0.15) is 0 Å². The molecule has 0 aliphatic carbocycles. The SMILES string of the molecule is CCC/C(C)=C\C(=N)C(=O)Nc1cc(CN[C@H](C)c2ccccc2)ccc1N1CCC(C(N)=O)CC1. The second-order valence-corrected chi connectivity index (χ2v) is 9.64. The molecule has 1 saturated heterocycles. The third kappa shape index (κ3) is 7.52. The molecule has 2 aromatic carbocycles. The Kier molecular flexibility index (Phi) is 9.82. The summed E-state index contributed by atoms with van der Waals surface area (Å²) in [6.07, 6.45) is 4.85. The molecule has 2 amide bonds. The lowest BCUT2D eigenvalue weighted by molar-refractivity contribution is -0.122. The molecular formula is C29H39N5O2. The molecule has 0 saturated carbocycles. The molecule has 3 rings (SSSR count). The van der Waals surface area contributed by atoms with E-state index in [2.05, 4.69) is 47.6 Å². The lowest BCUT2D eigenvalue weighted by atomic mass is 9.95. The van der Waals surface area contributed by atoms with Gasteiger partial charge in [-0.15, -0.1) is 0 Å². The average molecular weight is 490 g/mol. The van der Waals surface area contributed by atoms with E-state index >= 15 is 0 Å². The van der Waals surface area contributed by atoms with Gasteiger partial charge in [-0.1, -0.05) is 55.3 Å². The molecule has 36 heavy (non-hydrogen) atoms. The van der Waals surface area contributed by atoms with Crippen LogP contribution >= 0.6 is 0 Å². The van der Waals surface area contributed by atoms with E-state index in [0.29, 0.717) is 38.2 Å². The summed E-state index contributed by atoms with van der Waals surface area (Å²) in [5.74, 6) is -0.789. The number of piperidine rings is 1. The van der Waals surface area contributed by atoms with Gasteiger partial charge >= 0.3 is 0 Å². The molecule has 7 nitrogen and oxygen atoms in total. The van der Waals surface area contributed by atoms with Crippen molar-refractivity contribution < 1.29 is 9.59 Å². The molecule has 1 heterocycles. The Morgan fingerprint density at radius 3 is 2.50 bits per heavy atom. The first-order valence-corrected chi connectivity index (χ1v) is 12.8. The highest BCUT2D eigenvalue weighted by Crippen LogP contribution is 2.31. The van der Waals surface area contributed by atoms with Crippen LogP contribution in [0.2, 0.25) is 0 Å². The van der Waals surface area contributed by atoms with Crippen LogP contribution in [-0.4, -0.2) is 30.6 Å². The van der Waals surface area contributed by atoms with E-state index in [0.717, 1.165) is 29.7 Å². The highest BCUT2D eigenvalue weighted by Gasteiger charge is 2.25. The van der Waals surface area contributed by atoms with Crippen molar-refractivity contribution in [2.24, 2.45) is 11.7 Å². The Balaban J connectivity index is 1.79. The summed E-state index contributed by atoms with van der Waals surface area (Å²) in [5, 5.41) is 14.8. The van der Waals surface area contributed by atoms with Crippen LogP contribution in [0.25, 0.3) is 0 Å². The standard InChI is InChI=1S/C29H39N5O2/c1-4-8-20(2)17-25(30)29(36)33-26-18-22(19-32-21(3)23-9-6-5-7-10-23)11-12-27(26)34-15-13-24(14-16-34)28(31)35/h5-7,9-12,17-18,21,24,30,32H,4,8,13-16,19H2,1-3H3,(H2,31,35)(H,33,36)/b20-17-,30-25?/t21-/m1/s1. The van der Waals surface area contributed by atoms with Gasteiger partial charge in [0.05, 0.1) is 11.4 Å². The van der Waals surface area contributed by atoms with Crippen molar-refractivity contribution in [3.8, 4) is 0 Å². The van der Waals surface area contributed by atoms with Gasteiger partial charge in [0.1, 0.15) is 5.71 Å². The van der Waals surface area contributed by atoms with Crippen molar-refractivity contribution in [2.45, 2.75) is 59.0 Å². The minimum atomic E-state index is -0.429. The number of primary amides is 1. The van der Waals surface area contributed by atoms with Crippen molar-refractivity contribution in [3.05, 3.63) is 71.3 Å². The lowest BCUT2D eigenvalue weighted by Crippen LogP contribution is -2.39. The summed E-state index contributed by atoms with van der Waals surface area (Å²) >= 11 is 0. The van der Waals surface area contributed by atoms with Crippen LogP contribution in [0.3, 0.4) is 0 Å². The maximum absolute atomic E-state index is 12.9. The molecule has 192 valence electrons. The number of carbonyl (C=O) groups is 2. The Morgan fingerprint density at radius 2 is 1.86 bits per heavy atom. The molecule has 0 spiro atoms. The summed E-state index contributed by atoms with van der Waals surface area (Å²) in [6, 6.07) is 16.5. The minimum absolute atomic E-state index is 0.0550. The van der Waals surface area contributed by atoms with Crippen LogP contribution in [0.5, 0.6) is 0 Å². The number of hydrogen-bond acceptors (Lipinski definition) is 5. The van der Waals surface area contributed by atoms with Gasteiger partial charge in [0.25, 0.3) is 5.91 Å². The number of amides is 2. The zero-order valence-corrected chi connectivity index (χ0v) is 21.6. The average Bonchev–Trinajstić information content (AvgIpc) is 2.88. The third-order valence-electron chi connectivity index (χ3n) is 6.74. The van der Waals surface area contributed by atoms with Crippen LogP contribution in [0.1, 0.15) is 63.6 Å². The molecule has 0 radical (unpaired) electrons. The Labute approximate surface area is 214 Å². The zero-order valence-electron chi connectivity index (χ0n) is 21.6. The molecule has 0 aromatic heterocycles. The molecule has 1 fully saturated rings. The van der Waals surface area contributed by atoms with Crippen molar-refractivity contribution in [1.29, 1.82) is 5.41 Å². The maximum Gasteiger partial charge on any atom is 0.273 e. The number of nitrogens with zero attached hydrogens (tertiary/aromatic N) is 1. The Morgan fingerprint density at radius 1 is 1.17 bits per heavy atom. The van der Waals surface area contributed by atoms with Gasteiger partial charge in [0, 0.05) is 31.6 Å². The van der Waals surface area contributed by atoms with E-state index in [1.165, 1.54) is 5.56 Å². The van der Waals surface area contributed by atoms with Gasteiger partial charge in [0.15, 0.2) is 0 Å². The van der Waals surface area contributed by atoms with E-state index in [4.69, 9.17) is 11.1 Å². The van der Waals surface area contributed by atoms with Crippen LogP contribution < -0.4 is 21.3 Å². The number of nitrogens with one attached hydrogen (secondary N) is 3. The van der Waals surface area contributed by atoms with E-state index in [1.807, 2.05) is 37.3 Å². The van der Waals surface area contributed by atoms with Crippen LogP contribution in [0.4, 0.5) is 11.4 Å². The first-order chi connectivity index (χ1) is 17.3. The van der Waals surface area contributed by atoms with E-state index < -0.39 is 5.91 Å². The van der Waals surface area contributed by atoms with E-state index in [9.17, 15) is 9.59 Å². The second-order valence-electron chi connectivity index (χ2n) is 9.64. The number of benzene rings is 2. The number of rotatable bonds is 11. The smallest absolute Gasteiger partial charge is 0.273 e. The van der Waals surface area contributed by atoms with Crippen molar-refractivity contribution in [1.82, 2.24) is 5.32 Å². The molecular weight excluding hydrogens is 450 g/mol. The molecule has 2 aromatic rings. The van der Waals surface area contributed by atoms with Crippen LogP contribution in [-0.2, 0) is 16.1 Å². The first-order valence-electron chi connectivity index (χ1n) is 12.8. The number of carbonyl (C=O) groups excluding carboxylic acids is 2. The zero-order chi connectivity index (χ0) is 26.1. The monoisotopic (exact) mass is 489 g/mol. The second kappa shape index (κ2) is 13.0. The third-order valence-corrected chi connectivity index (χ3v) is 6.74. The highest BCUT2D eigenvalue weighted by molar-refractivity contribution is 6.46. The minimum Gasteiger partial charge on any atom is -0.370 e. The van der Waals surface area contributed by atoms with Crippen LogP contribution in [0.15, 0.2) is 60.2 Å². The molecule has 7 heteroatoms. The fourth-order valence-corrected chi connectivity index (χ4v) is 4.57. The molecule has 1 atom stereocenters. The summed E-state index contributed by atoms with van der Waals surface area (Å²) < 4.78 is 0. The fourth-order valence-electron chi connectivity index (χ4n) is 4.57. The van der Waals surface area contributed by atoms with Gasteiger partial charge in [-0.25, -0.2) is 0 Å². The lowest BCUT2D eigenvalue weighted by Gasteiger charge is -2.33. The van der Waals surface area contributed by atoms with Crippen molar-refractivity contribution >= 4 is 28.9 Å². The van der Waals surface area contributed by atoms with Crippen molar-refractivity contribution in [2.75, 3.05) is 23.3 Å². The molecule has 0 bridgehead atoms. The highest BCUT2D eigenvalue weighted by atomic mass is 16.2. The summed E-state index contributed by atoms with van der Waals surface area (Å²) in [6.45, 7) is 8.16. The first kappa shape index (κ1) is 27.1. The van der Waals surface area contributed by atoms with Gasteiger partial charge < -0.3 is 21.3 Å². The molecule has 5 N–H and O–H groups in total. The van der Waals surface area contributed by atoms with Gasteiger partial charge in [-0.3, -0.25) is 15.0 Å². The summed E-state index contributed by atoms with van der Waals surface area (Å²) in [4.78, 5) is 26.7. The van der Waals surface area contributed by atoms with Gasteiger partial charge in [-0.05, 0) is 62.4 Å². The Hall–Kier alpha value is -3.45. The number of hydrogen-bond donors (Lipinski definition) is 4. The number of anilines is 2. The topological polar surface area (TPSA) is 111 Å². The summed E-state index contributed by atoms with van der Waals surface area (Å²) in [5.41, 5.74) is 10.3. The number of allylic oxidation sites excluding steroid dienone is 1. The largest absolute Gasteiger partial charge is 0.370 e. The summed E-state index contributed by atoms with van der Waals surface area (Å²) in [7, 11) is 0. The predicted octanol–water partition coefficient (Wildman–Crippen LogP) is 4.94.